The molecule has 0 aromatic heterocycles. The van der Waals surface area contributed by atoms with E-state index in [0.717, 1.165) is 25.6 Å². The first-order valence-corrected chi connectivity index (χ1v) is 7.11. The molecule has 6 heteroatoms. The number of β-amino-alcohol motifs (C(OH)–C–C–N with tert-alkyl or cyclic N) is 1. The first-order chi connectivity index (χ1) is 9.79. The highest BCUT2D eigenvalue weighted by molar-refractivity contribution is 5.46. The fourth-order valence-corrected chi connectivity index (χ4v) is 2.55. The maximum Gasteiger partial charge on any atom is 0.418 e. The van der Waals surface area contributed by atoms with Crippen LogP contribution in [0.4, 0.5) is 18.9 Å². The van der Waals surface area contributed by atoms with Crippen molar-refractivity contribution in [3.05, 3.63) is 30.3 Å². The lowest BCUT2D eigenvalue weighted by Crippen LogP contribution is -2.52. The van der Waals surface area contributed by atoms with Gasteiger partial charge in [0.05, 0.1) is 0 Å². The molecule has 118 valence electrons. The Morgan fingerprint density at radius 1 is 1.05 bits per heavy atom. The van der Waals surface area contributed by atoms with Crippen molar-refractivity contribution in [2.75, 3.05) is 37.6 Å². The Kier molecular flexibility index (Phi) is 4.78. The summed E-state index contributed by atoms with van der Waals surface area (Å²) in [6.45, 7) is 3.02. The molecule has 21 heavy (non-hydrogen) atoms. The summed E-state index contributed by atoms with van der Waals surface area (Å²) in [4.78, 5) is 3.86. The molecular formula is C15H21F3N2O. The van der Waals surface area contributed by atoms with E-state index in [1.54, 1.807) is 4.90 Å². The van der Waals surface area contributed by atoms with E-state index >= 15 is 0 Å². The number of alkyl halides is 3. The van der Waals surface area contributed by atoms with Crippen LogP contribution < -0.4 is 4.90 Å². The van der Waals surface area contributed by atoms with Crippen molar-refractivity contribution in [3.63, 3.8) is 0 Å². The first-order valence-electron chi connectivity index (χ1n) is 7.11. The second kappa shape index (κ2) is 6.23. The molecular weight excluding hydrogens is 281 g/mol. The Hall–Kier alpha value is -1.27. The van der Waals surface area contributed by atoms with Crippen LogP contribution in [0.5, 0.6) is 0 Å². The number of aliphatic hydroxyl groups is 1. The number of hydrogen-bond acceptors (Lipinski definition) is 3. The molecule has 1 saturated heterocycles. The lowest BCUT2D eigenvalue weighted by molar-refractivity contribution is -0.257. The lowest BCUT2D eigenvalue weighted by atomic mass is 10.1. The monoisotopic (exact) mass is 302 g/mol. The summed E-state index contributed by atoms with van der Waals surface area (Å²) in [6, 6.07) is 9.84. The summed E-state index contributed by atoms with van der Waals surface area (Å²) in [6.07, 6.45) is -3.82. The number of para-hydroxylation sites is 1. The van der Waals surface area contributed by atoms with Gasteiger partial charge >= 0.3 is 6.18 Å². The van der Waals surface area contributed by atoms with E-state index in [2.05, 4.69) is 4.90 Å². The summed E-state index contributed by atoms with van der Waals surface area (Å²) < 4.78 is 38.2. The van der Waals surface area contributed by atoms with Gasteiger partial charge in [0.1, 0.15) is 0 Å². The molecule has 0 saturated carbocycles. The fraction of sp³-hybridized carbons (Fsp3) is 0.600. The smallest absolute Gasteiger partial charge is 0.380 e. The molecule has 3 nitrogen and oxygen atoms in total. The van der Waals surface area contributed by atoms with Crippen molar-refractivity contribution in [2.45, 2.75) is 25.1 Å². The number of anilines is 1. The Balaban J connectivity index is 1.95. The normalized spacial score (nSPS) is 20.9. The van der Waals surface area contributed by atoms with Crippen LogP contribution >= 0.6 is 0 Å². The number of halogens is 3. The van der Waals surface area contributed by atoms with Crippen molar-refractivity contribution >= 4 is 5.69 Å². The summed E-state index contributed by atoms with van der Waals surface area (Å²) in [5, 5.41) is 9.60. The zero-order chi connectivity index (χ0) is 15.5. The molecule has 2 rings (SSSR count). The molecule has 1 aromatic carbocycles. The average Bonchev–Trinajstić information content (AvgIpc) is 2.63. The predicted molar refractivity (Wildman–Crippen MR) is 76.4 cm³/mol. The van der Waals surface area contributed by atoms with E-state index < -0.39 is 11.8 Å². The Labute approximate surface area is 123 Å². The van der Waals surface area contributed by atoms with E-state index in [1.165, 1.54) is 0 Å². The van der Waals surface area contributed by atoms with Crippen LogP contribution in [-0.2, 0) is 0 Å². The van der Waals surface area contributed by atoms with Gasteiger partial charge in [0, 0.05) is 38.4 Å². The minimum atomic E-state index is -4.60. The van der Waals surface area contributed by atoms with Crippen LogP contribution in [0, 0.1) is 0 Å². The van der Waals surface area contributed by atoms with Crippen LogP contribution in [0.25, 0.3) is 0 Å². The van der Waals surface area contributed by atoms with Gasteiger partial charge in [-0.3, -0.25) is 4.90 Å². The highest BCUT2D eigenvalue weighted by Crippen LogP contribution is 2.31. The van der Waals surface area contributed by atoms with Crippen LogP contribution in [0.15, 0.2) is 30.3 Å². The van der Waals surface area contributed by atoms with Gasteiger partial charge < -0.3 is 10.0 Å². The maximum absolute atomic E-state index is 12.7. The van der Waals surface area contributed by atoms with Crippen LogP contribution in [-0.4, -0.2) is 54.5 Å². The molecule has 0 radical (unpaired) electrons. The number of rotatable bonds is 3. The quantitative estimate of drug-likeness (QED) is 0.929. The SMILES string of the molecule is C[C@](O)(CN1CCCN(c2ccccc2)CC1)C(F)(F)F. The van der Waals surface area contributed by atoms with Crippen LogP contribution in [0.2, 0.25) is 0 Å². The third-order valence-corrected chi connectivity index (χ3v) is 3.85. The molecule has 0 unspecified atom stereocenters. The molecule has 0 aliphatic carbocycles. The molecule has 1 aromatic rings. The summed E-state index contributed by atoms with van der Waals surface area (Å²) in [7, 11) is 0. The third-order valence-electron chi connectivity index (χ3n) is 3.85. The summed E-state index contributed by atoms with van der Waals surface area (Å²) >= 11 is 0. The van der Waals surface area contributed by atoms with Crippen molar-refractivity contribution in [1.29, 1.82) is 0 Å². The zero-order valence-electron chi connectivity index (χ0n) is 12.1. The molecule has 1 heterocycles. The number of benzene rings is 1. The zero-order valence-corrected chi connectivity index (χ0v) is 12.1. The molecule has 1 N–H and O–H groups in total. The van der Waals surface area contributed by atoms with Crippen LogP contribution in [0.3, 0.4) is 0 Å². The van der Waals surface area contributed by atoms with Gasteiger partial charge in [0.15, 0.2) is 5.60 Å². The predicted octanol–water partition coefficient (Wildman–Crippen LogP) is 2.51. The second-order valence-electron chi connectivity index (χ2n) is 5.72. The molecule has 0 bridgehead atoms. The lowest BCUT2D eigenvalue weighted by Gasteiger charge is -2.32. The van der Waals surface area contributed by atoms with E-state index in [4.69, 9.17) is 0 Å². The largest absolute Gasteiger partial charge is 0.418 e. The van der Waals surface area contributed by atoms with Gasteiger partial charge in [-0.15, -0.1) is 0 Å². The topological polar surface area (TPSA) is 26.7 Å². The van der Waals surface area contributed by atoms with E-state index in [0.29, 0.717) is 19.6 Å². The van der Waals surface area contributed by atoms with Crippen molar-refractivity contribution < 1.29 is 18.3 Å². The van der Waals surface area contributed by atoms with Gasteiger partial charge in [-0.1, -0.05) is 18.2 Å². The molecule has 1 atom stereocenters. The highest BCUT2D eigenvalue weighted by atomic mass is 19.4. The van der Waals surface area contributed by atoms with Crippen molar-refractivity contribution in [1.82, 2.24) is 4.90 Å². The Morgan fingerprint density at radius 3 is 2.33 bits per heavy atom. The van der Waals surface area contributed by atoms with Gasteiger partial charge in [-0.05, 0) is 25.5 Å². The van der Waals surface area contributed by atoms with Gasteiger partial charge in [-0.2, -0.15) is 13.2 Å². The summed E-state index contributed by atoms with van der Waals surface area (Å²) in [5.74, 6) is 0. The maximum atomic E-state index is 12.7. The Bertz CT molecular complexity index is 448. The van der Waals surface area contributed by atoms with Crippen LogP contribution in [0.1, 0.15) is 13.3 Å². The fourth-order valence-electron chi connectivity index (χ4n) is 2.55. The van der Waals surface area contributed by atoms with Gasteiger partial charge in [0.2, 0.25) is 0 Å². The minimum absolute atomic E-state index is 0.376. The molecule has 1 aliphatic rings. The van der Waals surface area contributed by atoms with E-state index in [1.807, 2.05) is 30.3 Å². The van der Waals surface area contributed by atoms with Gasteiger partial charge in [-0.25, -0.2) is 0 Å². The minimum Gasteiger partial charge on any atom is -0.380 e. The van der Waals surface area contributed by atoms with E-state index in [9.17, 15) is 18.3 Å². The Morgan fingerprint density at radius 2 is 1.71 bits per heavy atom. The highest BCUT2D eigenvalue weighted by Gasteiger charge is 2.50. The molecule has 0 spiro atoms. The number of nitrogens with zero attached hydrogens (tertiary/aromatic N) is 2. The molecule has 1 aliphatic heterocycles. The standard InChI is InChI=1S/C15H21F3N2O/c1-14(21,15(16,17)18)12-19-8-5-9-20(11-10-19)13-6-3-2-4-7-13/h2-4,6-7,21H,5,8-12H2,1H3/t14-/m0/s1. The van der Waals surface area contributed by atoms with Crippen molar-refractivity contribution in [3.8, 4) is 0 Å². The van der Waals surface area contributed by atoms with E-state index in [-0.39, 0.29) is 6.54 Å². The summed E-state index contributed by atoms with van der Waals surface area (Å²) in [5.41, 5.74) is -1.57. The number of hydrogen-bond donors (Lipinski definition) is 1. The second-order valence-corrected chi connectivity index (χ2v) is 5.72. The van der Waals surface area contributed by atoms with Crippen molar-refractivity contribution in [2.24, 2.45) is 0 Å². The molecule has 1 fully saturated rings. The van der Waals surface area contributed by atoms with Gasteiger partial charge in [0.25, 0.3) is 0 Å². The third kappa shape index (κ3) is 4.11. The average molecular weight is 302 g/mol. The molecule has 0 amide bonds. The first kappa shape index (κ1) is 16.1.